The Morgan fingerprint density at radius 2 is 2.06 bits per heavy atom. The first-order valence-electron chi connectivity index (χ1n) is 4.97. The largest absolute Gasteiger partial charge is 0.469 e. The van der Waals surface area contributed by atoms with Gasteiger partial charge in [-0.1, -0.05) is 0 Å². The second kappa shape index (κ2) is 6.85. The van der Waals surface area contributed by atoms with Crippen LogP contribution in [0.2, 0.25) is 0 Å². The molecule has 7 heteroatoms. The van der Waals surface area contributed by atoms with Gasteiger partial charge in [0.15, 0.2) is 5.13 Å². The van der Waals surface area contributed by atoms with E-state index < -0.39 is 0 Å². The normalized spacial score (nSPS) is 9.76. The van der Waals surface area contributed by atoms with E-state index in [1.54, 1.807) is 5.38 Å². The van der Waals surface area contributed by atoms with E-state index in [9.17, 15) is 9.59 Å². The van der Waals surface area contributed by atoms with Crippen molar-refractivity contribution in [1.82, 2.24) is 4.98 Å². The highest BCUT2D eigenvalue weighted by Gasteiger charge is 2.07. The molecule has 17 heavy (non-hydrogen) atoms. The van der Waals surface area contributed by atoms with Crippen molar-refractivity contribution in [2.45, 2.75) is 12.8 Å². The summed E-state index contributed by atoms with van der Waals surface area (Å²) in [6, 6.07) is 0. The van der Waals surface area contributed by atoms with Gasteiger partial charge in [0.2, 0.25) is 0 Å². The lowest BCUT2D eigenvalue weighted by atomic mass is 10.3. The summed E-state index contributed by atoms with van der Waals surface area (Å²) in [4.78, 5) is 26.0. The molecule has 0 bridgehead atoms. The molecule has 0 saturated heterocycles. The zero-order valence-electron chi connectivity index (χ0n) is 9.69. The zero-order valence-corrected chi connectivity index (χ0v) is 10.5. The molecule has 0 spiro atoms. The Morgan fingerprint density at radius 3 is 2.71 bits per heavy atom. The zero-order chi connectivity index (χ0) is 12.7. The van der Waals surface area contributed by atoms with E-state index in [1.807, 2.05) is 0 Å². The van der Waals surface area contributed by atoms with Crippen LogP contribution in [0.15, 0.2) is 5.38 Å². The Balaban J connectivity index is 2.35. The van der Waals surface area contributed by atoms with E-state index in [2.05, 4.69) is 19.8 Å². The van der Waals surface area contributed by atoms with Crippen LogP contribution in [0.3, 0.4) is 0 Å². The number of carbonyl (C=O) groups excluding carboxylic acids is 2. The van der Waals surface area contributed by atoms with Crippen molar-refractivity contribution in [3.05, 3.63) is 11.1 Å². The maximum absolute atomic E-state index is 11.0. The molecule has 1 aromatic heterocycles. The Hall–Kier alpha value is -1.63. The minimum absolute atomic E-state index is 0.158. The van der Waals surface area contributed by atoms with Gasteiger partial charge in [0.25, 0.3) is 0 Å². The highest BCUT2D eigenvalue weighted by atomic mass is 32.1. The van der Waals surface area contributed by atoms with Crippen LogP contribution in [-0.2, 0) is 25.5 Å². The Labute approximate surface area is 103 Å². The fourth-order valence-electron chi connectivity index (χ4n) is 1.06. The molecule has 0 aliphatic rings. The first-order chi connectivity index (χ1) is 8.15. The predicted molar refractivity (Wildman–Crippen MR) is 63.0 cm³/mol. The topological polar surface area (TPSA) is 77.5 Å². The molecule has 0 unspecified atom stereocenters. The summed E-state index contributed by atoms with van der Waals surface area (Å²) >= 11 is 1.38. The Bertz CT molecular complexity index is 391. The number of carbonyl (C=O) groups is 2. The van der Waals surface area contributed by atoms with Crippen LogP contribution in [0, 0.1) is 0 Å². The van der Waals surface area contributed by atoms with Crippen LogP contribution in [0.1, 0.15) is 12.1 Å². The van der Waals surface area contributed by atoms with Crippen LogP contribution >= 0.6 is 11.3 Å². The van der Waals surface area contributed by atoms with Gasteiger partial charge in [-0.15, -0.1) is 11.3 Å². The molecule has 0 amide bonds. The SMILES string of the molecule is COC(=O)CCNc1nc(CC(=O)OC)cs1. The Morgan fingerprint density at radius 1 is 1.35 bits per heavy atom. The van der Waals surface area contributed by atoms with Crippen LogP contribution in [0.25, 0.3) is 0 Å². The van der Waals surface area contributed by atoms with Gasteiger partial charge in [0.05, 0.1) is 32.8 Å². The molecule has 0 aliphatic heterocycles. The van der Waals surface area contributed by atoms with E-state index >= 15 is 0 Å². The molecule has 0 aliphatic carbocycles. The van der Waals surface area contributed by atoms with Crippen molar-refractivity contribution in [3.8, 4) is 0 Å². The number of hydrogen-bond donors (Lipinski definition) is 1. The van der Waals surface area contributed by atoms with Crippen molar-refractivity contribution in [2.75, 3.05) is 26.1 Å². The highest BCUT2D eigenvalue weighted by molar-refractivity contribution is 7.13. The lowest BCUT2D eigenvalue weighted by molar-refractivity contribution is -0.141. The van der Waals surface area contributed by atoms with E-state index in [-0.39, 0.29) is 24.8 Å². The lowest BCUT2D eigenvalue weighted by Crippen LogP contribution is -2.09. The maximum Gasteiger partial charge on any atom is 0.311 e. The summed E-state index contributed by atoms with van der Waals surface area (Å²) < 4.78 is 9.04. The molecule has 1 aromatic rings. The second-order valence-electron chi connectivity index (χ2n) is 3.15. The number of hydrogen-bond acceptors (Lipinski definition) is 7. The predicted octanol–water partition coefficient (Wildman–Crippen LogP) is 0.834. The first-order valence-corrected chi connectivity index (χ1v) is 5.85. The number of anilines is 1. The minimum Gasteiger partial charge on any atom is -0.469 e. The van der Waals surface area contributed by atoms with Gasteiger partial charge in [-0.3, -0.25) is 9.59 Å². The summed E-state index contributed by atoms with van der Waals surface area (Å²) in [7, 11) is 2.68. The summed E-state index contributed by atoms with van der Waals surface area (Å²) in [5.41, 5.74) is 0.655. The maximum atomic E-state index is 11.0. The number of aromatic nitrogens is 1. The number of nitrogens with zero attached hydrogens (tertiary/aromatic N) is 1. The molecular formula is C10H14N2O4S. The molecule has 1 rings (SSSR count). The number of ether oxygens (including phenoxy) is 2. The van der Waals surface area contributed by atoms with Gasteiger partial charge in [-0.2, -0.15) is 0 Å². The number of thiazole rings is 1. The summed E-state index contributed by atoms with van der Waals surface area (Å²) in [6.07, 6.45) is 0.439. The molecule has 94 valence electrons. The monoisotopic (exact) mass is 258 g/mol. The average molecular weight is 258 g/mol. The minimum atomic E-state index is -0.323. The van der Waals surface area contributed by atoms with Crippen molar-refractivity contribution in [1.29, 1.82) is 0 Å². The quantitative estimate of drug-likeness (QED) is 0.762. The molecule has 6 nitrogen and oxygen atoms in total. The standard InChI is InChI=1S/C10H14N2O4S/c1-15-8(13)3-4-11-10-12-7(6-17-10)5-9(14)16-2/h6H,3-5H2,1-2H3,(H,11,12). The van der Waals surface area contributed by atoms with Crippen LogP contribution < -0.4 is 5.32 Å². The van der Waals surface area contributed by atoms with Gasteiger partial charge < -0.3 is 14.8 Å². The fourth-order valence-corrected chi connectivity index (χ4v) is 1.80. The number of rotatable bonds is 6. The van der Waals surface area contributed by atoms with Gasteiger partial charge in [0, 0.05) is 11.9 Å². The van der Waals surface area contributed by atoms with Crippen LogP contribution in [-0.4, -0.2) is 37.7 Å². The van der Waals surface area contributed by atoms with Crippen molar-refractivity contribution < 1.29 is 19.1 Å². The van der Waals surface area contributed by atoms with Crippen LogP contribution in [0.5, 0.6) is 0 Å². The van der Waals surface area contributed by atoms with Crippen molar-refractivity contribution in [2.24, 2.45) is 0 Å². The van der Waals surface area contributed by atoms with E-state index in [0.29, 0.717) is 17.4 Å². The van der Waals surface area contributed by atoms with Gasteiger partial charge >= 0.3 is 11.9 Å². The summed E-state index contributed by atoms with van der Waals surface area (Å²) in [5.74, 6) is -0.597. The highest BCUT2D eigenvalue weighted by Crippen LogP contribution is 2.15. The third-order valence-corrected chi connectivity index (χ3v) is 2.79. The fraction of sp³-hybridized carbons (Fsp3) is 0.500. The average Bonchev–Trinajstić information content (AvgIpc) is 2.76. The number of nitrogens with one attached hydrogen (secondary N) is 1. The van der Waals surface area contributed by atoms with Crippen LogP contribution in [0.4, 0.5) is 5.13 Å². The molecule has 0 saturated carbocycles. The molecule has 0 fully saturated rings. The van der Waals surface area contributed by atoms with Gasteiger partial charge in [-0.25, -0.2) is 4.98 Å². The molecular weight excluding hydrogens is 244 g/mol. The van der Waals surface area contributed by atoms with Gasteiger partial charge in [0.1, 0.15) is 0 Å². The Kier molecular flexibility index (Phi) is 5.41. The second-order valence-corrected chi connectivity index (χ2v) is 4.01. The van der Waals surface area contributed by atoms with Gasteiger partial charge in [-0.05, 0) is 0 Å². The van der Waals surface area contributed by atoms with Crippen molar-refractivity contribution in [3.63, 3.8) is 0 Å². The molecule has 0 aromatic carbocycles. The molecule has 0 atom stereocenters. The molecule has 0 radical (unpaired) electrons. The van der Waals surface area contributed by atoms with Crippen molar-refractivity contribution >= 4 is 28.4 Å². The van der Waals surface area contributed by atoms with E-state index in [0.717, 1.165) is 0 Å². The summed E-state index contributed by atoms with van der Waals surface area (Å²) in [6.45, 7) is 0.456. The van der Waals surface area contributed by atoms with E-state index in [4.69, 9.17) is 0 Å². The number of methoxy groups -OCH3 is 2. The third kappa shape index (κ3) is 4.81. The molecule has 1 heterocycles. The third-order valence-electron chi connectivity index (χ3n) is 1.94. The first kappa shape index (κ1) is 13.4. The smallest absolute Gasteiger partial charge is 0.311 e. The van der Waals surface area contributed by atoms with E-state index in [1.165, 1.54) is 25.6 Å². The number of esters is 2. The molecule has 1 N–H and O–H groups in total. The summed E-state index contributed by atoms with van der Waals surface area (Å²) in [5, 5.41) is 5.43. The lowest BCUT2D eigenvalue weighted by Gasteiger charge is -2.00.